The standard InChI is InChI=1S/C27H32ClN5O2/c28-22-12-9-20(10-13-22)19-32-25-15-14-24(18-21(25)11-16-27(32)34)35-17-5-4-8-26-29-30-31-33(26)23-6-2-1-3-7-23/h9-10,12-15,18,23H,1-8,11,16-17,19H2. The molecule has 0 spiro atoms. The molecule has 0 atom stereocenters. The number of aryl methyl sites for hydroxylation is 2. The summed E-state index contributed by atoms with van der Waals surface area (Å²) in [6, 6.07) is 14.2. The summed E-state index contributed by atoms with van der Waals surface area (Å²) < 4.78 is 8.11. The summed E-state index contributed by atoms with van der Waals surface area (Å²) in [5.74, 6) is 2.00. The van der Waals surface area contributed by atoms with Gasteiger partial charge in [-0.2, -0.15) is 0 Å². The van der Waals surface area contributed by atoms with Gasteiger partial charge in [0.05, 0.1) is 19.2 Å². The van der Waals surface area contributed by atoms with Gasteiger partial charge in [-0.25, -0.2) is 4.68 Å². The number of aromatic nitrogens is 4. The molecule has 0 unspecified atom stereocenters. The lowest BCUT2D eigenvalue weighted by molar-refractivity contribution is -0.119. The molecule has 1 amide bonds. The summed E-state index contributed by atoms with van der Waals surface area (Å²) in [5.41, 5.74) is 3.19. The molecule has 0 N–H and O–H groups in total. The van der Waals surface area contributed by atoms with Crippen LogP contribution in [0.3, 0.4) is 0 Å². The number of unbranched alkanes of at least 4 members (excludes halogenated alkanes) is 1. The van der Waals surface area contributed by atoms with Crippen LogP contribution >= 0.6 is 11.6 Å². The first kappa shape index (κ1) is 23.8. The van der Waals surface area contributed by atoms with Crippen LogP contribution in [0.5, 0.6) is 5.75 Å². The first-order chi connectivity index (χ1) is 17.2. The molecule has 0 bridgehead atoms. The second-order valence-electron chi connectivity index (χ2n) is 9.53. The molecule has 1 saturated carbocycles. The maximum absolute atomic E-state index is 12.6. The topological polar surface area (TPSA) is 73.1 Å². The normalized spacial score (nSPS) is 16.4. The third-order valence-electron chi connectivity index (χ3n) is 7.05. The van der Waals surface area contributed by atoms with Crippen LogP contribution in [0, 0.1) is 0 Å². The number of rotatable bonds is 9. The summed E-state index contributed by atoms with van der Waals surface area (Å²) in [6.45, 7) is 1.20. The SMILES string of the molecule is O=C1CCc2cc(OCCCCc3nnnn3C3CCCCC3)ccc2N1Cc1ccc(Cl)cc1. The lowest BCUT2D eigenvalue weighted by Crippen LogP contribution is -2.34. The van der Waals surface area contributed by atoms with Crippen LogP contribution in [0.15, 0.2) is 42.5 Å². The second-order valence-corrected chi connectivity index (χ2v) is 9.97. The molecule has 2 aromatic carbocycles. The predicted octanol–water partition coefficient (Wildman–Crippen LogP) is 5.71. The quantitative estimate of drug-likeness (QED) is 0.357. The fourth-order valence-corrected chi connectivity index (χ4v) is 5.26. The van der Waals surface area contributed by atoms with E-state index in [1.165, 1.54) is 32.1 Å². The molecule has 5 rings (SSSR count). The number of nitrogens with zero attached hydrogens (tertiary/aromatic N) is 5. The van der Waals surface area contributed by atoms with Gasteiger partial charge in [-0.1, -0.05) is 43.0 Å². The van der Waals surface area contributed by atoms with Gasteiger partial charge in [0.25, 0.3) is 0 Å². The Balaban J connectivity index is 1.13. The van der Waals surface area contributed by atoms with Gasteiger partial charge in [-0.3, -0.25) is 4.79 Å². The van der Waals surface area contributed by atoms with Crippen LogP contribution in [0.4, 0.5) is 5.69 Å². The Morgan fingerprint density at radius 2 is 1.83 bits per heavy atom. The minimum absolute atomic E-state index is 0.150. The van der Waals surface area contributed by atoms with Crippen molar-refractivity contribution in [1.29, 1.82) is 0 Å². The highest BCUT2D eigenvalue weighted by Crippen LogP contribution is 2.33. The molecule has 7 nitrogen and oxygen atoms in total. The van der Waals surface area contributed by atoms with Crippen LogP contribution < -0.4 is 9.64 Å². The van der Waals surface area contributed by atoms with E-state index in [4.69, 9.17) is 16.3 Å². The van der Waals surface area contributed by atoms with E-state index in [1.54, 1.807) is 0 Å². The van der Waals surface area contributed by atoms with Crippen LogP contribution in [0.25, 0.3) is 0 Å². The summed E-state index contributed by atoms with van der Waals surface area (Å²) in [6.07, 6.45) is 10.3. The maximum atomic E-state index is 12.6. The molecule has 2 aliphatic rings. The zero-order valence-electron chi connectivity index (χ0n) is 20.0. The summed E-state index contributed by atoms with van der Waals surface area (Å²) in [5, 5.41) is 13.1. The Morgan fingerprint density at radius 3 is 2.66 bits per heavy atom. The zero-order valence-corrected chi connectivity index (χ0v) is 20.8. The third kappa shape index (κ3) is 5.84. The number of carbonyl (C=O) groups is 1. The van der Waals surface area contributed by atoms with Crippen LogP contribution in [-0.2, 0) is 24.2 Å². The molecule has 3 aromatic rings. The Kier molecular flexibility index (Phi) is 7.62. The molecule has 184 valence electrons. The smallest absolute Gasteiger partial charge is 0.227 e. The van der Waals surface area contributed by atoms with Crippen molar-refractivity contribution in [2.45, 2.75) is 76.8 Å². The number of halogens is 1. The van der Waals surface area contributed by atoms with Gasteiger partial charge in [-0.15, -0.1) is 5.10 Å². The lowest BCUT2D eigenvalue weighted by atomic mass is 9.95. The van der Waals surface area contributed by atoms with E-state index < -0.39 is 0 Å². The molecular formula is C27H32ClN5O2. The average Bonchev–Trinajstić information content (AvgIpc) is 3.36. The van der Waals surface area contributed by atoms with Gasteiger partial charge in [0.15, 0.2) is 5.82 Å². The number of fused-ring (bicyclic) bond motifs is 1. The molecule has 35 heavy (non-hydrogen) atoms. The van der Waals surface area contributed by atoms with Crippen molar-refractivity contribution < 1.29 is 9.53 Å². The molecule has 1 fully saturated rings. The highest BCUT2D eigenvalue weighted by molar-refractivity contribution is 6.30. The Labute approximate surface area is 211 Å². The highest BCUT2D eigenvalue weighted by atomic mass is 35.5. The fraction of sp³-hybridized carbons (Fsp3) is 0.481. The number of hydrogen-bond donors (Lipinski definition) is 0. The van der Waals surface area contributed by atoms with Crippen molar-refractivity contribution >= 4 is 23.2 Å². The summed E-state index contributed by atoms with van der Waals surface area (Å²) >= 11 is 6.00. The Bertz CT molecular complexity index is 1140. The van der Waals surface area contributed by atoms with Gasteiger partial charge in [0.1, 0.15) is 5.75 Å². The van der Waals surface area contributed by atoms with Gasteiger partial charge in [0, 0.05) is 23.6 Å². The number of carbonyl (C=O) groups excluding carboxylic acids is 1. The minimum atomic E-state index is 0.150. The van der Waals surface area contributed by atoms with Gasteiger partial charge >= 0.3 is 0 Å². The lowest BCUT2D eigenvalue weighted by Gasteiger charge is -2.30. The van der Waals surface area contributed by atoms with E-state index in [2.05, 4.69) is 26.3 Å². The van der Waals surface area contributed by atoms with Crippen LogP contribution in [0.2, 0.25) is 5.02 Å². The van der Waals surface area contributed by atoms with E-state index in [1.807, 2.05) is 41.3 Å². The summed E-state index contributed by atoms with van der Waals surface area (Å²) in [7, 11) is 0. The molecular weight excluding hydrogens is 462 g/mol. The molecule has 2 heterocycles. The number of benzene rings is 2. The Hall–Kier alpha value is -2.93. The molecule has 1 aromatic heterocycles. The number of tetrazole rings is 1. The van der Waals surface area contributed by atoms with Crippen LogP contribution in [-0.4, -0.2) is 32.7 Å². The van der Waals surface area contributed by atoms with E-state index >= 15 is 0 Å². The number of amides is 1. The number of ether oxygens (including phenoxy) is 1. The molecule has 1 aliphatic carbocycles. The molecule has 1 aliphatic heterocycles. The predicted molar refractivity (Wildman–Crippen MR) is 136 cm³/mol. The Morgan fingerprint density at radius 1 is 1.00 bits per heavy atom. The first-order valence-electron chi connectivity index (χ1n) is 12.7. The van der Waals surface area contributed by atoms with Crippen molar-refractivity contribution in [3.8, 4) is 5.75 Å². The minimum Gasteiger partial charge on any atom is -0.494 e. The van der Waals surface area contributed by atoms with Crippen molar-refractivity contribution in [1.82, 2.24) is 20.2 Å². The second kappa shape index (κ2) is 11.2. The molecule has 8 heteroatoms. The maximum Gasteiger partial charge on any atom is 0.227 e. The molecule has 0 saturated heterocycles. The van der Waals surface area contributed by atoms with Gasteiger partial charge in [0.2, 0.25) is 5.91 Å². The van der Waals surface area contributed by atoms with Crippen molar-refractivity contribution in [2.24, 2.45) is 0 Å². The van der Waals surface area contributed by atoms with Crippen LogP contribution in [0.1, 0.15) is 74.4 Å². The average molecular weight is 494 g/mol. The highest BCUT2D eigenvalue weighted by Gasteiger charge is 2.25. The van der Waals surface area contributed by atoms with Crippen molar-refractivity contribution in [3.63, 3.8) is 0 Å². The monoisotopic (exact) mass is 493 g/mol. The fourth-order valence-electron chi connectivity index (χ4n) is 5.13. The van der Waals surface area contributed by atoms with E-state index in [9.17, 15) is 4.79 Å². The van der Waals surface area contributed by atoms with Gasteiger partial charge < -0.3 is 9.64 Å². The van der Waals surface area contributed by atoms with Crippen molar-refractivity contribution in [2.75, 3.05) is 11.5 Å². The first-order valence-corrected chi connectivity index (χ1v) is 13.1. The zero-order chi connectivity index (χ0) is 24.0. The number of hydrogen-bond acceptors (Lipinski definition) is 5. The van der Waals surface area contributed by atoms with E-state index in [0.29, 0.717) is 30.6 Å². The molecule has 0 radical (unpaired) electrons. The number of anilines is 1. The van der Waals surface area contributed by atoms with E-state index in [0.717, 1.165) is 54.1 Å². The third-order valence-corrected chi connectivity index (χ3v) is 7.30. The van der Waals surface area contributed by atoms with Crippen molar-refractivity contribution in [3.05, 3.63) is 64.4 Å². The summed E-state index contributed by atoms with van der Waals surface area (Å²) in [4.78, 5) is 14.5. The van der Waals surface area contributed by atoms with Gasteiger partial charge in [-0.05, 0) is 84.0 Å². The van der Waals surface area contributed by atoms with E-state index in [-0.39, 0.29) is 5.91 Å². The largest absolute Gasteiger partial charge is 0.494 e.